The molecule has 0 atom stereocenters. The van der Waals surface area contributed by atoms with Gasteiger partial charge in [-0.2, -0.15) is 0 Å². The first kappa shape index (κ1) is 18.6. The molecule has 0 fully saturated rings. The van der Waals surface area contributed by atoms with Crippen molar-refractivity contribution in [3.05, 3.63) is 63.7 Å². The molecule has 27 heavy (non-hydrogen) atoms. The molecule has 3 rings (SSSR count). The van der Waals surface area contributed by atoms with Crippen LogP contribution in [-0.4, -0.2) is 26.8 Å². The summed E-state index contributed by atoms with van der Waals surface area (Å²) in [5.41, 5.74) is 3.34. The number of carbonyl (C=O) groups is 1. The fraction of sp³-hybridized carbons (Fsp3) is 0.167. The molecule has 8 nitrogen and oxygen atoms in total. The van der Waals surface area contributed by atoms with Crippen LogP contribution in [0.15, 0.2) is 52.1 Å². The second-order valence-corrected chi connectivity index (χ2v) is 6.71. The van der Waals surface area contributed by atoms with Crippen LogP contribution < -0.4 is 5.32 Å². The van der Waals surface area contributed by atoms with Crippen LogP contribution >= 0.6 is 11.8 Å². The zero-order chi connectivity index (χ0) is 19.4. The molecule has 3 aromatic rings. The molecule has 0 aliphatic carbocycles. The number of thioether (sulfide) groups is 1. The van der Waals surface area contributed by atoms with Crippen LogP contribution in [0.2, 0.25) is 0 Å². The van der Waals surface area contributed by atoms with Gasteiger partial charge in [0.25, 0.3) is 10.9 Å². The van der Waals surface area contributed by atoms with Crippen LogP contribution in [0.1, 0.15) is 11.1 Å². The van der Waals surface area contributed by atoms with Crippen LogP contribution in [-0.2, 0) is 4.79 Å². The van der Waals surface area contributed by atoms with Gasteiger partial charge in [-0.05, 0) is 37.1 Å². The van der Waals surface area contributed by atoms with Gasteiger partial charge in [0.05, 0.1) is 10.7 Å². The number of nitro groups is 1. The van der Waals surface area contributed by atoms with E-state index in [2.05, 4.69) is 15.5 Å². The maximum atomic E-state index is 12.2. The summed E-state index contributed by atoms with van der Waals surface area (Å²) in [6.07, 6.45) is 0. The van der Waals surface area contributed by atoms with E-state index in [1.807, 2.05) is 32.0 Å². The van der Waals surface area contributed by atoms with E-state index in [4.69, 9.17) is 4.42 Å². The summed E-state index contributed by atoms with van der Waals surface area (Å²) in [4.78, 5) is 22.4. The summed E-state index contributed by atoms with van der Waals surface area (Å²) in [5.74, 6) is 0.186. The number of carbonyl (C=O) groups excluding carboxylic acids is 1. The predicted molar refractivity (Wildman–Crippen MR) is 102 cm³/mol. The van der Waals surface area contributed by atoms with E-state index >= 15 is 0 Å². The van der Waals surface area contributed by atoms with Crippen molar-refractivity contribution in [1.82, 2.24) is 10.2 Å². The molecule has 1 amide bonds. The molecule has 0 aliphatic heterocycles. The standard InChI is InChI=1S/C18H16N4O4S/c1-11-4-3-5-12(2)16(11)19-15(23)10-27-18-21-20-17(26-18)13-6-8-14(9-7-13)22(24)25/h3-9H,10H2,1-2H3,(H,19,23). The van der Waals surface area contributed by atoms with E-state index in [-0.39, 0.29) is 28.5 Å². The monoisotopic (exact) mass is 384 g/mol. The van der Waals surface area contributed by atoms with Gasteiger partial charge >= 0.3 is 0 Å². The number of non-ortho nitro benzene ring substituents is 1. The van der Waals surface area contributed by atoms with Crippen molar-refractivity contribution in [3.8, 4) is 11.5 Å². The molecule has 0 saturated carbocycles. The van der Waals surface area contributed by atoms with Crippen molar-refractivity contribution in [1.29, 1.82) is 0 Å². The van der Waals surface area contributed by atoms with Crippen molar-refractivity contribution in [3.63, 3.8) is 0 Å². The summed E-state index contributed by atoms with van der Waals surface area (Å²) in [7, 11) is 0. The smallest absolute Gasteiger partial charge is 0.277 e. The molecular weight excluding hydrogens is 368 g/mol. The summed E-state index contributed by atoms with van der Waals surface area (Å²) < 4.78 is 5.51. The van der Waals surface area contributed by atoms with Gasteiger partial charge in [-0.25, -0.2) is 0 Å². The van der Waals surface area contributed by atoms with Crippen LogP contribution in [0.25, 0.3) is 11.5 Å². The molecule has 0 unspecified atom stereocenters. The van der Waals surface area contributed by atoms with Crippen LogP contribution in [0.4, 0.5) is 11.4 Å². The summed E-state index contributed by atoms with van der Waals surface area (Å²) in [6.45, 7) is 3.87. The fourth-order valence-corrected chi connectivity index (χ4v) is 2.99. The van der Waals surface area contributed by atoms with E-state index in [1.165, 1.54) is 24.3 Å². The van der Waals surface area contributed by atoms with Crippen LogP contribution in [0.5, 0.6) is 0 Å². The van der Waals surface area contributed by atoms with Gasteiger partial charge in [0.1, 0.15) is 0 Å². The van der Waals surface area contributed by atoms with Gasteiger partial charge in [-0.3, -0.25) is 14.9 Å². The molecule has 1 heterocycles. The lowest BCUT2D eigenvalue weighted by Crippen LogP contribution is -2.15. The van der Waals surface area contributed by atoms with E-state index in [0.717, 1.165) is 28.6 Å². The first-order chi connectivity index (χ1) is 12.9. The van der Waals surface area contributed by atoms with Crippen molar-refractivity contribution in [2.24, 2.45) is 0 Å². The minimum atomic E-state index is -0.479. The van der Waals surface area contributed by atoms with Crippen molar-refractivity contribution in [2.75, 3.05) is 11.1 Å². The van der Waals surface area contributed by atoms with Gasteiger partial charge in [0, 0.05) is 23.4 Å². The van der Waals surface area contributed by atoms with Crippen molar-refractivity contribution < 1.29 is 14.1 Å². The molecule has 0 radical (unpaired) electrons. The summed E-state index contributed by atoms with van der Waals surface area (Å²) >= 11 is 1.12. The number of amides is 1. The molecule has 0 saturated heterocycles. The molecular formula is C18H16N4O4S. The Balaban J connectivity index is 1.61. The molecule has 138 valence electrons. The summed E-state index contributed by atoms with van der Waals surface area (Å²) in [5, 5.41) is 21.6. The maximum Gasteiger partial charge on any atom is 0.277 e. The lowest BCUT2D eigenvalue weighted by Gasteiger charge is -2.10. The molecule has 1 N–H and O–H groups in total. The Morgan fingerprint density at radius 2 is 1.81 bits per heavy atom. The third kappa shape index (κ3) is 4.50. The topological polar surface area (TPSA) is 111 Å². The third-order valence-electron chi connectivity index (χ3n) is 3.80. The number of aromatic nitrogens is 2. The Hall–Kier alpha value is -3.20. The molecule has 0 aliphatic rings. The minimum Gasteiger partial charge on any atom is -0.411 e. The highest BCUT2D eigenvalue weighted by atomic mass is 32.2. The number of aryl methyl sites for hydroxylation is 2. The van der Waals surface area contributed by atoms with Crippen molar-refractivity contribution in [2.45, 2.75) is 19.1 Å². The van der Waals surface area contributed by atoms with E-state index in [9.17, 15) is 14.9 Å². The average molecular weight is 384 g/mol. The number of anilines is 1. The zero-order valence-electron chi connectivity index (χ0n) is 14.6. The van der Waals surface area contributed by atoms with Gasteiger partial charge < -0.3 is 9.73 Å². The largest absolute Gasteiger partial charge is 0.411 e. The maximum absolute atomic E-state index is 12.2. The number of hydrogen-bond donors (Lipinski definition) is 1. The highest BCUT2D eigenvalue weighted by Crippen LogP contribution is 2.25. The molecule has 2 aromatic carbocycles. The lowest BCUT2D eigenvalue weighted by molar-refractivity contribution is -0.384. The number of nitrogens with one attached hydrogen (secondary N) is 1. The lowest BCUT2D eigenvalue weighted by atomic mass is 10.1. The SMILES string of the molecule is Cc1cccc(C)c1NC(=O)CSc1nnc(-c2ccc([N+](=O)[O-])cc2)o1. The predicted octanol–water partition coefficient (Wildman–Crippen LogP) is 3.99. The average Bonchev–Trinajstić information content (AvgIpc) is 3.12. The van der Waals surface area contributed by atoms with Crippen molar-refractivity contribution >= 4 is 29.0 Å². The third-order valence-corrected chi connectivity index (χ3v) is 4.62. The quantitative estimate of drug-likeness (QED) is 0.388. The van der Waals surface area contributed by atoms with Gasteiger partial charge in [-0.15, -0.1) is 10.2 Å². The molecule has 9 heteroatoms. The second-order valence-electron chi connectivity index (χ2n) is 5.78. The van der Waals surface area contributed by atoms with E-state index < -0.39 is 4.92 Å². The van der Waals surface area contributed by atoms with Gasteiger partial charge in [0.2, 0.25) is 11.8 Å². The zero-order valence-corrected chi connectivity index (χ0v) is 15.4. The highest BCUT2D eigenvalue weighted by molar-refractivity contribution is 7.99. The first-order valence-corrected chi connectivity index (χ1v) is 9.00. The first-order valence-electron chi connectivity index (χ1n) is 8.01. The Labute approximate surface area is 159 Å². The van der Waals surface area contributed by atoms with Crippen LogP contribution in [0, 0.1) is 24.0 Å². The molecule has 0 spiro atoms. The van der Waals surface area contributed by atoms with Gasteiger partial charge in [0.15, 0.2) is 0 Å². The Kier molecular flexibility index (Phi) is 5.51. The number of rotatable bonds is 6. The molecule has 1 aromatic heterocycles. The number of benzene rings is 2. The molecule has 0 bridgehead atoms. The van der Waals surface area contributed by atoms with Gasteiger partial charge in [-0.1, -0.05) is 30.0 Å². The highest BCUT2D eigenvalue weighted by Gasteiger charge is 2.14. The Morgan fingerprint density at radius 1 is 1.15 bits per heavy atom. The number of hydrogen-bond acceptors (Lipinski definition) is 7. The minimum absolute atomic E-state index is 0.0176. The Bertz CT molecular complexity index is 965. The van der Waals surface area contributed by atoms with Crippen LogP contribution in [0.3, 0.4) is 0 Å². The Morgan fingerprint density at radius 3 is 2.44 bits per heavy atom. The fourth-order valence-electron chi connectivity index (χ4n) is 2.42. The van der Waals surface area contributed by atoms with E-state index in [1.54, 1.807) is 0 Å². The number of nitro benzene ring substituents is 1. The number of nitrogens with zero attached hydrogens (tertiary/aromatic N) is 3. The number of para-hydroxylation sites is 1. The normalized spacial score (nSPS) is 10.6. The summed E-state index contributed by atoms with van der Waals surface area (Å²) in [6, 6.07) is 11.6. The second kappa shape index (κ2) is 8.00. The van der Waals surface area contributed by atoms with E-state index in [0.29, 0.717) is 5.56 Å².